The largest absolute Gasteiger partial charge is 0.493 e. The normalized spacial score (nSPS) is 17.8. The fraction of sp³-hybridized carbons (Fsp3) is 0.462. The molecule has 0 atom stereocenters. The highest BCUT2D eigenvalue weighted by Gasteiger charge is 2.24. The smallest absolute Gasteiger partial charge is 0.349 e. The van der Waals surface area contributed by atoms with Crippen molar-refractivity contribution >= 4 is 5.97 Å². The van der Waals surface area contributed by atoms with E-state index in [0.29, 0.717) is 24.7 Å². The highest BCUT2D eigenvalue weighted by Crippen LogP contribution is 2.33. The molecule has 0 N–H and O–H groups in total. The molecular formula is C26H27F4NO3. The van der Waals surface area contributed by atoms with E-state index in [1.807, 2.05) is 0 Å². The topological polar surface area (TPSA) is 59.3 Å². The number of ether oxygens (including phenoxy) is 2. The van der Waals surface area contributed by atoms with Crippen molar-refractivity contribution in [3.63, 3.8) is 0 Å². The van der Waals surface area contributed by atoms with Crippen LogP contribution < -0.4 is 9.47 Å². The molecule has 182 valence electrons. The molecule has 0 aromatic heterocycles. The molecular weight excluding hydrogens is 450 g/mol. The van der Waals surface area contributed by atoms with Crippen LogP contribution in [0.3, 0.4) is 0 Å². The molecule has 0 amide bonds. The Hall–Kier alpha value is -3.08. The SMILES string of the molecule is CCCCC[C@H]1CC[C@H](COc2cc(F)c(C(=O)Oc3cc(F)c(C#N)c(F)c3)c(F)c2)CC1. The van der Waals surface area contributed by atoms with E-state index in [-0.39, 0.29) is 5.75 Å². The fourth-order valence-corrected chi connectivity index (χ4v) is 4.29. The van der Waals surface area contributed by atoms with Crippen LogP contribution in [0.2, 0.25) is 0 Å². The summed E-state index contributed by atoms with van der Waals surface area (Å²) in [6, 6.07) is 4.27. The number of rotatable bonds is 9. The first-order chi connectivity index (χ1) is 16.3. The zero-order chi connectivity index (χ0) is 24.7. The van der Waals surface area contributed by atoms with Crippen LogP contribution in [0.5, 0.6) is 11.5 Å². The molecule has 0 unspecified atom stereocenters. The summed E-state index contributed by atoms with van der Waals surface area (Å²) < 4.78 is 66.7. The standard InChI is InChI=1S/C26H27F4NO3/c1-2-3-4-5-16-6-8-17(9-7-16)15-33-18-10-23(29)25(24(30)11-18)26(32)34-19-12-21(27)20(14-31)22(28)13-19/h10-13,16-17H,2-9,15H2,1H3/t16-,17-. The molecule has 1 fully saturated rings. The predicted octanol–water partition coefficient (Wildman–Crippen LogP) is 7.10. The molecule has 0 saturated heterocycles. The van der Waals surface area contributed by atoms with Crippen molar-refractivity contribution in [2.24, 2.45) is 11.8 Å². The third kappa shape index (κ3) is 6.49. The van der Waals surface area contributed by atoms with E-state index in [9.17, 15) is 22.4 Å². The molecule has 1 aliphatic rings. The molecule has 0 bridgehead atoms. The minimum Gasteiger partial charge on any atom is -0.493 e. The van der Waals surface area contributed by atoms with E-state index in [1.54, 1.807) is 0 Å². The molecule has 0 aliphatic heterocycles. The van der Waals surface area contributed by atoms with Gasteiger partial charge in [-0.15, -0.1) is 0 Å². The maximum absolute atomic E-state index is 14.5. The Balaban J connectivity index is 1.58. The second-order valence-electron chi connectivity index (χ2n) is 8.72. The third-order valence-corrected chi connectivity index (χ3v) is 6.23. The molecule has 34 heavy (non-hydrogen) atoms. The highest BCUT2D eigenvalue weighted by molar-refractivity contribution is 5.91. The molecule has 0 heterocycles. The Kier molecular flexibility index (Phi) is 8.91. The van der Waals surface area contributed by atoms with Crippen molar-refractivity contribution in [2.75, 3.05) is 6.61 Å². The second-order valence-corrected chi connectivity index (χ2v) is 8.72. The number of esters is 1. The van der Waals surface area contributed by atoms with Crippen LogP contribution in [0.25, 0.3) is 0 Å². The lowest BCUT2D eigenvalue weighted by atomic mass is 9.80. The van der Waals surface area contributed by atoms with Crippen molar-refractivity contribution < 1.29 is 31.8 Å². The summed E-state index contributed by atoms with van der Waals surface area (Å²) in [5.41, 5.74) is -1.87. The van der Waals surface area contributed by atoms with Gasteiger partial charge in [0.15, 0.2) is 0 Å². The molecule has 2 aromatic carbocycles. The number of halogens is 4. The van der Waals surface area contributed by atoms with E-state index in [0.717, 1.165) is 43.7 Å². The number of carbonyl (C=O) groups excluding carboxylic acids is 1. The lowest BCUT2D eigenvalue weighted by molar-refractivity contribution is 0.0723. The minimum atomic E-state index is -1.47. The van der Waals surface area contributed by atoms with Crippen LogP contribution in [0.15, 0.2) is 24.3 Å². The van der Waals surface area contributed by atoms with E-state index in [4.69, 9.17) is 14.7 Å². The first kappa shape index (κ1) is 25.5. The van der Waals surface area contributed by atoms with Crippen LogP contribution in [-0.2, 0) is 0 Å². The van der Waals surface area contributed by atoms with E-state index < -0.39 is 46.1 Å². The molecule has 4 nitrogen and oxygen atoms in total. The van der Waals surface area contributed by atoms with Gasteiger partial charge in [0.1, 0.15) is 52.0 Å². The maximum atomic E-state index is 14.5. The maximum Gasteiger partial charge on any atom is 0.349 e. The number of hydrogen-bond acceptors (Lipinski definition) is 4. The lowest BCUT2D eigenvalue weighted by Crippen LogP contribution is -2.20. The van der Waals surface area contributed by atoms with Crippen LogP contribution >= 0.6 is 0 Å². The Morgan fingerprint density at radius 1 is 0.912 bits per heavy atom. The summed E-state index contributed by atoms with van der Waals surface area (Å²) in [4.78, 5) is 12.2. The van der Waals surface area contributed by atoms with Gasteiger partial charge in [0.2, 0.25) is 0 Å². The monoisotopic (exact) mass is 477 g/mol. The van der Waals surface area contributed by atoms with Gasteiger partial charge in [-0.1, -0.05) is 45.4 Å². The van der Waals surface area contributed by atoms with E-state index in [2.05, 4.69) is 6.92 Å². The van der Waals surface area contributed by atoms with Crippen molar-refractivity contribution in [2.45, 2.75) is 58.3 Å². The minimum absolute atomic E-state index is 0.0490. The first-order valence-electron chi connectivity index (χ1n) is 11.6. The highest BCUT2D eigenvalue weighted by atomic mass is 19.1. The Morgan fingerprint density at radius 2 is 1.47 bits per heavy atom. The lowest BCUT2D eigenvalue weighted by Gasteiger charge is -2.28. The van der Waals surface area contributed by atoms with Crippen LogP contribution in [-0.4, -0.2) is 12.6 Å². The Morgan fingerprint density at radius 3 is 2.03 bits per heavy atom. The van der Waals surface area contributed by atoms with Gasteiger partial charge < -0.3 is 9.47 Å². The van der Waals surface area contributed by atoms with Gasteiger partial charge in [-0.2, -0.15) is 5.26 Å². The van der Waals surface area contributed by atoms with Crippen molar-refractivity contribution in [1.82, 2.24) is 0 Å². The Labute approximate surface area is 196 Å². The zero-order valence-corrected chi connectivity index (χ0v) is 19.0. The third-order valence-electron chi connectivity index (χ3n) is 6.23. The number of unbranched alkanes of at least 4 members (excludes halogenated alkanes) is 2. The van der Waals surface area contributed by atoms with Gasteiger partial charge in [-0.25, -0.2) is 22.4 Å². The fourth-order valence-electron chi connectivity index (χ4n) is 4.29. The summed E-state index contributed by atoms with van der Waals surface area (Å²) in [6.07, 6.45) is 9.23. The summed E-state index contributed by atoms with van der Waals surface area (Å²) >= 11 is 0. The van der Waals surface area contributed by atoms with Gasteiger partial charge in [0, 0.05) is 24.3 Å². The van der Waals surface area contributed by atoms with Gasteiger partial charge in [0.05, 0.1) is 6.61 Å². The summed E-state index contributed by atoms with van der Waals surface area (Å²) in [6.45, 7) is 2.52. The van der Waals surface area contributed by atoms with Crippen molar-refractivity contribution in [3.05, 3.63) is 58.7 Å². The van der Waals surface area contributed by atoms with E-state index in [1.165, 1.54) is 31.8 Å². The number of carbonyl (C=O) groups is 1. The predicted molar refractivity (Wildman–Crippen MR) is 117 cm³/mol. The Bertz CT molecular complexity index is 1010. The average molecular weight is 477 g/mol. The van der Waals surface area contributed by atoms with Gasteiger partial charge in [-0.3, -0.25) is 0 Å². The number of nitrogens with zero attached hydrogens (tertiary/aromatic N) is 1. The number of hydrogen-bond donors (Lipinski definition) is 0. The summed E-state index contributed by atoms with van der Waals surface area (Å²) in [5.74, 6) is -6.04. The van der Waals surface area contributed by atoms with Gasteiger partial charge in [-0.05, 0) is 24.7 Å². The molecule has 0 radical (unpaired) electrons. The van der Waals surface area contributed by atoms with Crippen LogP contribution in [0, 0.1) is 46.4 Å². The summed E-state index contributed by atoms with van der Waals surface area (Å²) in [7, 11) is 0. The van der Waals surface area contributed by atoms with Crippen molar-refractivity contribution in [1.29, 1.82) is 5.26 Å². The zero-order valence-electron chi connectivity index (χ0n) is 19.0. The first-order valence-corrected chi connectivity index (χ1v) is 11.6. The molecule has 1 aliphatic carbocycles. The number of nitriles is 1. The molecule has 1 saturated carbocycles. The molecule has 2 aromatic rings. The van der Waals surface area contributed by atoms with Gasteiger partial charge in [0.25, 0.3) is 0 Å². The molecule has 8 heteroatoms. The second kappa shape index (κ2) is 11.9. The summed E-state index contributed by atoms with van der Waals surface area (Å²) in [5, 5.41) is 8.68. The van der Waals surface area contributed by atoms with E-state index >= 15 is 0 Å². The quantitative estimate of drug-likeness (QED) is 0.167. The molecule has 0 spiro atoms. The van der Waals surface area contributed by atoms with Crippen LogP contribution in [0.1, 0.15) is 74.2 Å². The number of benzene rings is 2. The average Bonchev–Trinajstić information content (AvgIpc) is 2.78. The van der Waals surface area contributed by atoms with Crippen molar-refractivity contribution in [3.8, 4) is 17.6 Å². The van der Waals surface area contributed by atoms with Gasteiger partial charge >= 0.3 is 5.97 Å². The molecule has 3 rings (SSSR count). The van der Waals surface area contributed by atoms with Crippen LogP contribution in [0.4, 0.5) is 17.6 Å².